The molecule has 2 aromatic carbocycles. The average Bonchev–Trinajstić information content (AvgIpc) is 2.56. The number of sulfonamides is 1. The summed E-state index contributed by atoms with van der Waals surface area (Å²) in [7, 11) is -3.56. The van der Waals surface area contributed by atoms with Gasteiger partial charge in [0.1, 0.15) is 0 Å². The molecule has 0 spiro atoms. The number of nitrogens with zero attached hydrogens (tertiary/aromatic N) is 1. The summed E-state index contributed by atoms with van der Waals surface area (Å²) >= 11 is 6.10. The van der Waals surface area contributed by atoms with Crippen molar-refractivity contribution < 1.29 is 13.2 Å². The Bertz CT molecular complexity index is 825. The van der Waals surface area contributed by atoms with Crippen molar-refractivity contribution in [2.24, 2.45) is 0 Å². The second kappa shape index (κ2) is 8.47. The van der Waals surface area contributed by atoms with E-state index in [0.29, 0.717) is 10.6 Å². The van der Waals surface area contributed by atoms with E-state index in [0.717, 1.165) is 16.1 Å². The van der Waals surface area contributed by atoms with Crippen molar-refractivity contribution >= 4 is 27.5 Å². The molecule has 2 rings (SSSR count). The van der Waals surface area contributed by atoms with Gasteiger partial charge in [-0.3, -0.25) is 4.79 Å². The van der Waals surface area contributed by atoms with Crippen molar-refractivity contribution in [3.63, 3.8) is 0 Å². The first-order chi connectivity index (χ1) is 11.8. The molecule has 134 valence electrons. The smallest absolute Gasteiger partial charge is 0.235 e. The molecule has 1 amide bonds. The van der Waals surface area contributed by atoms with Gasteiger partial charge in [0.05, 0.1) is 18.8 Å². The number of amides is 1. The highest BCUT2D eigenvalue weighted by molar-refractivity contribution is 7.88. The number of carbonyl (C=O) groups excluding carboxylic acids is 1. The van der Waals surface area contributed by atoms with Gasteiger partial charge in [-0.05, 0) is 24.1 Å². The van der Waals surface area contributed by atoms with Crippen LogP contribution in [0.3, 0.4) is 0 Å². The van der Waals surface area contributed by atoms with E-state index in [2.05, 4.69) is 5.32 Å². The van der Waals surface area contributed by atoms with Crippen molar-refractivity contribution in [2.75, 3.05) is 12.8 Å². The van der Waals surface area contributed by atoms with Gasteiger partial charge >= 0.3 is 0 Å². The molecule has 7 heteroatoms. The number of benzene rings is 2. The zero-order valence-corrected chi connectivity index (χ0v) is 15.7. The number of nitrogens with one attached hydrogen (secondary N) is 1. The van der Waals surface area contributed by atoms with Crippen LogP contribution in [0.15, 0.2) is 54.6 Å². The van der Waals surface area contributed by atoms with Crippen LogP contribution in [0.4, 0.5) is 0 Å². The molecule has 1 N–H and O–H groups in total. The predicted octanol–water partition coefficient (Wildman–Crippen LogP) is 2.98. The number of rotatable bonds is 7. The summed E-state index contributed by atoms with van der Waals surface area (Å²) in [6.07, 6.45) is 1.08. The maximum atomic E-state index is 12.3. The normalized spacial score (nSPS) is 12.8. The van der Waals surface area contributed by atoms with E-state index < -0.39 is 10.0 Å². The zero-order valence-electron chi connectivity index (χ0n) is 14.1. The molecule has 0 aromatic heterocycles. The fraction of sp³-hybridized carbons (Fsp3) is 0.278. The van der Waals surface area contributed by atoms with Gasteiger partial charge < -0.3 is 5.32 Å². The monoisotopic (exact) mass is 380 g/mol. The Kier molecular flexibility index (Phi) is 6.58. The van der Waals surface area contributed by atoms with Crippen LogP contribution in [0.1, 0.15) is 24.1 Å². The number of halogens is 1. The van der Waals surface area contributed by atoms with Gasteiger partial charge in [-0.2, -0.15) is 4.31 Å². The third-order valence-electron chi connectivity index (χ3n) is 3.77. The van der Waals surface area contributed by atoms with Crippen LogP contribution < -0.4 is 5.32 Å². The maximum absolute atomic E-state index is 12.3. The van der Waals surface area contributed by atoms with Crippen molar-refractivity contribution in [2.45, 2.75) is 19.5 Å². The molecule has 2 aromatic rings. The quantitative estimate of drug-likeness (QED) is 0.803. The summed E-state index contributed by atoms with van der Waals surface area (Å²) in [5.41, 5.74) is 1.60. The van der Waals surface area contributed by atoms with Crippen molar-refractivity contribution in [1.82, 2.24) is 9.62 Å². The SMILES string of the molecule is CC(NC(=O)CN(Cc1ccccc1Cl)S(C)(=O)=O)c1ccccc1. The van der Waals surface area contributed by atoms with E-state index >= 15 is 0 Å². The van der Waals surface area contributed by atoms with Gasteiger partial charge in [0.25, 0.3) is 0 Å². The molecule has 1 atom stereocenters. The van der Waals surface area contributed by atoms with Crippen LogP contribution >= 0.6 is 11.6 Å². The maximum Gasteiger partial charge on any atom is 0.235 e. The van der Waals surface area contributed by atoms with Crippen molar-refractivity contribution in [3.05, 3.63) is 70.7 Å². The summed E-state index contributed by atoms with van der Waals surface area (Å²) in [5.74, 6) is -0.367. The molecule has 0 fully saturated rings. The highest BCUT2D eigenvalue weighted by Gasteiger charge is 2.22. The fourth-order valence-corrected chi connectivity index (χ4v) is 3.30. The van der Waals surface area contributed by atoms with Crippen LogP contribution in [0, 0.1) is 0 Å². The van der Waals surface area contributed by atoms with Crippen LogP contribution in [0.25, 0.3) is 0 Å². The Hall–Kier alpha value is -1.89. The van der Waals surface area contributed by atoms with Crippen LogP contribution in [0.2, 0.25) is 5.02 Å². The summed E-state index contributed by atoms with van der Waals surface area (Å²) < 4.78 is 25.2. The molecule has 0 aliphatic rings. The highest BCUT2D eigenvalue weighted by Crippen LogP contribution is 2.18. The number of hydrogen-bond donors (Lipinski definition) is 1. The molecule has 0 aliphatic carbocycles. The molecule has 0 radical (unpaired) electrons. The minimum Gasteiger partial charge on any atom is -0.348 e. The lowest BCUT2D eigenvalue weighted by Gasteiger charge is -2.22. The first kappa shape index (κ1) is 19.4. The Balaban J connectivity index is 2.07. The molecular formula is C18H21ClN2O3S. The summed E-state index contributed by atoms with van der Waals surface area (Å²) in [4.78, 5) is 12.3. The predicted molar refractivity (Wildman–Crippen MR) is 99.7 cm³/mol. The first-order valence-corrected chi connectivity index (χ1v) is 10.0. The Morgan fingerprint density at radius 2 is 1.72 bits per heavy atom. The van der Waals surface area contributed by atoms with Crippen LogP contribution in [-0.4, -0.2) is 31.4 Å². The van der Waals surface area contributed by atoms with E-state index in [9.17, 15) is 13.2 Å². The van der Waals surface area contributed by atoms with Gasteiger partial charge in [-0.15, -0.1) is 0 Å². The lowest BCUT2D eigenvalue weighted by molar-refractivity contribution is -0.122. The fourth-order valence-electron chi connectivity index (χ4n) is 2.38. The van der Waals surface area contributed by atoms with Crippen LogP contribution in [-0.2, 0) is 21.4 Å². The molecule has 0 heterocycles. The average molecular weight is 381 g/mol. The third kappa shape index (κ3) is 5.85. The van der Waals surface area contributed by atoms with E-state index in [4.69, 9.17) is 11.6 Å². The minimum absolute atomic E-state index is 0.0473. The summed E-state index contributed by atoms with van der Waals surface area (Å²) in [6.45, 7) is 1.64. The third-order valence-corrected chi connectivity index (χ3v) is 5.34. The molecule has 0 saturated heterocycles. The highest BCUT2D eigenvalue weighted by atomic mass is 35.5. The zero-order chi connectivity index (χ0) is 18.4. The van der Waals surface area contributed by atoms with Gasteiger partial charge in [0, 0.05) is 11.6 Å². The molecule has 5 nitrogen and oxygen atoms in total. The first-order valence-electron chi connectivity index (χ1n) is 7.80. The van der Waals surface area contributed by atoms with Crippen molar-refractivity contribution in [1.29, 1.82) is 0 Å². The second-order valence-electron chi connectivity index (χ2n) is 5.82. The largest absolute Gasteiger partial charge is 0.348 e. The number of carbonyl (C=O) groups is 1. The van der Waals surface area contributed by atoms with Gasteiger partial charge in [0.2, 0.25) is 15.9 Å². The lowest BCUT2D eigenvalue weighted by atomic mass is 10.1. The molecule has 0 bridgehead atoms. The topological polar surface area (TPSA) is 66.5 Å². The lowest BCUT2D eigenvalue weighted by Crippen LogP contribution is -2.40. The molecule has 1 unspecified atom stereocenters. The summed E-state index contributed by atoms with van der Waals surface area (Å²) in [6, 6.07) is 16.2. The van der Waals surface area contributed by atoms with E-state index in [-0.39, 0.29) is 25.0 Å². The summed E-state index contributed by atoms with van der Waals surface area (Å²) in [5, 5.41) is 3.29. The van der Waals surface area contributed by atoms with Gasteiger partial charge in [-0.25, -0.2) is 8.42 Å². The standard InChI is InChI=1S/C18H21ClN2O3S/c1-14(15-8-4-3-5-9-15)20-18(22)13-21(25(2,23)24)12-16-10-6-7-11-17(16)19/h3-11,14H,12-13H2,1-2H3,(H,20,22). The van der Waals surface area contributed by atoms with E-state index in [1.807, 2.05) is 37.3 Å². The number of hydrogen-bond acceptors (Lipinski definition) is 3. The van der Waals surface area contributed by atoms with Crippen molar-refractivity contribution in [3.8, 4) is 0 Å². The second-order valence-corrected chi connectivity index (χ2v) is 8.21. The molecular weight excluding hydrogens is 360 g/mol. The van der Waals surface area contributed by atoms with Gasteiger partial charge in [-0.1, -0.05) is 60.1 Å². The minimum atomic E-state index is -3.56. The molecule has 25 heavy (non-hydrogen) atoms. The van der Waals surface area contributed by atoms with E-state index in [1.54, 1.807) is 24.3 Å². The Labute approximate surface area is 153 Å². The Morgan fingerprint density at radius 1 is 1.12 bits per heavy atom. The van der Waals surface area contributed by atoms with Gasteiger partial charge in [0.15, 0.2) is 0 Å². The van der Waals surface area contributed by atoms with E-state index in [1.165, 1.54) is 0 Å². The molecule has 0 saturated carbocycles. The Morgan fingerprint density at radius 3 is 2.32 bits per heavy atom. The van der Waals surface area contributed by atoms with Crippen LogP contribution in [0.5, 0.6) is 0 Å². The molecule has 0 aliphatic heterocycles.